The van der Waals surface area contributed by atoms with E-state index in [9.17, 15) is 14.4 Å². The van der Waals surface area contributed by atoms with Gasteiger partial charge in [0.2, 0.25) is 0 Å². The van der Waals surface area contributed by atoms with Crippen molar-refractivity contribution in [1.29, 1.82) is 0 Å². The Balaban J connectivity index is 1.59. The first-order chi connectivity index (χ1) is 18.0. The first-order valence-electron chi connectivity index (χ1n) is 12.2. The van der Waals surface area contributed by atoms with E-state index in [1.165, 1.54) is 4.90 Å². The van der Waals surface area contributed by atoms with Crippen LogP contribution in [0.15, 0.2) is 71.5 Å². The Hall–Kier alpha value is -4.46. The molecule has 0 radical (unpaired) electrons. The highest BCUT2D eigenvalue weighted by atomic mass is 16.5. The van der Waals surface area contributed by atoms with E-state index in [1.807, 2.05) is 31.2 Å². The Morgan fingerprint density at radius 3 is 2.14 bits per heavy atom. The number of nitrogens with zero attached hydrogens (tertiary/aromatic N) is 3. The summed E-state index contributed by atoms with van der Waals surface area (Å²) < 4.78 is 12.3. The number of benzene rings is 3. The summed E-state index contributed by atoms with van der Waals surface area (Å²) in [4.78, 5) is 46.4. The Bertz CT molecular complexity index is 1540. The highest BCUT2D eigenvalue weighted by molar-refractivity contribution is 6.21. The summed E-state index contributed by atoms with van der Waals surface area (Å²) in [6, 6.07) is 18.8. The number of fused-ring (bicyclic) bond motifs is 2. The number of aromatic nitrogens is 2. The van der Waals surface area contributed by atoms with Crippen molar-refractivity contribution >= 4 is 22.7 Å². The van der Waals surface area contributed by atoms with Crippen LogP contribution in [-0.2, 0) is 13.0 Å². The van der Waals surface area contributed by atoms with E-state index in [0.717, 1.165) is 5.56 Å². The number of imide groups is 1. The van der Waals surface area contributed by atoms with Gasteiger partial charge in [0.05, 0.1) is 42.3 Å². The maximum absolute atomic E-state index is 13.7. The second-order valence-corrected chi connectivity index (χ2v) is 8.83. The average molecular weight is 498 g/mol. The van der Waals surface area contributed by atoms with Crippen LogP contribution in [0.5, 0.6) is 11.5 Å². The molecule has 1 atom stereocenters. The largest absolute Gasteiger partial charge is 0.493 e. The number of hydrogen-bond donors (Lipinski definition) is 0. The quantitative estimate of drug-likeness (QED) is 0.335. The van der Waals surface area contributed by atoms with Crippen molar-refractivity contribution < 1.29 is 19.1 Å². The van der Waals surface area contributed by atoms with Gasteiger partial charge in [-0.1, -0.05) is 37.3 Å². The molecule has 0 N–H and O–H groups in total. The standard InChI is InChI=1S/C29H27N3O5/c1-4-23(32-28(34)19-9-5-6-10-20(19)29(32)35)26-30-22-12-8-7-11-21(22)27(33)31(26)16-15-18-13-14-24(36-2)25(17-18)37-3/h5-14,17,23H,4,15-16H2,1-3H3. The third kappa shape index (κ3) is 4.14. The summed E-state index contributed by atoms with van der Waals surface area (Å²) in [5.74, 6) is 0.860. The van der Waals surface area contributed by atoms with Gasteiger partial charge in [0, 0.05) is 6.54 Å². The van der Waals surface area contributed by atoms with Crippen molar-refractivity contribution in [2.45, 2.75) is 32.4 Å². The number of methoxy groups -OCH3 is 2. The van der Waals surface area contributed by atoms with Crippen molar-refractivity contribution in [3.8, 4) is 11.5 Å². The number of carbonyl (C=O) groups excluding carboxylic acids is 2. The fraction of sp³-hybridized carbons (Fsp3) is 0.241. The minimum atomic E-state index is -0.699. The van der Waals surface area contributed by atoms with Crippen LogP contribution in [0.4, 0.5) is 0 Å². The lowest BCUT2D eigenvalue weighted by Crippen LogP contribution is -2.38. The third-order valence-corrected chi connectivity index (χ3v) is 6.79. The lowest BCUT2D eigenvalue weighted by molar-refractivity contribution is 0.0566. The Morgan fingerprint density at radius 2 is 1.49 bits per heavy atom. The molecule has 0 bridgehead atoms. The topological polar surface area (TPSA) is 90.7 Å². The zero-order chi connectivity index (χ0) is 26.1. The zero-order valence-corrected chi connectivity index (χ0v) is 20.9. The fourth-order valence-corrected chi connectivity index (χ4v) is 4.90. The molecule has 37 heavy (non-hydrogen) atoms. The molecule has 188 valence electrons. The molecule has 8 nitrogen and oxygen atoms in total. The van der Waals surface area contributed by atoms with E-state index in [4.69, 9.17) is 14.5 Å². The predicted octanol–water partition coefficient (Wildman–Crippen LogP) is 4.40. The van der Waals surface area contributed by atoms with E-state index in [0.29, 0.717) is 58.7 Å². The van der Waals surface area contributed by atoms with Crippen LogP contribution in [-0.4, -0.2) is 40.5 Å². The van der Waals surface area contributed by atoms with Gasteiger partial charge in [0.25, 0.3) is 17.4 Å². The van der Waals surface area contributed by atoms with Crippen molar-refractivity contribution in [2.75, 3.05) is 14.2 Å². The Labute approximate surface area is 214 Å². The summed E-state index contributed by atoms with van der Waals surface area (Å²) >= 11 is 0. The Morgan fingerprint density at radius 1 is 0.838 bits per heavy atom. The summed E-state index contributed by atoms with van der Waals surface area (Å²) in [5.41, 5.74) is 1.99. The van der Waals surface area contributed by atoms with Crippen molar-refractivity contribution in [3.63, 3.8) is 0 Å². The maximum Gasteiger partial charge on any atom is 0.262 e. The van der Waals surface area contributed by atoms with E-state index in [1.54, 1.807) is 61.3 Å². The van der Waals surface area contributed by atoms with Crippen LogP contribution in [0.3, 0.4) is 0 Å². The molecule has 4 aromatic rings. The van der Waals surface area contributed by atoms with Crippen LogP contribution in [0.1, 0.15) is 51.5 Å². The first-order valence-corrected chi connectivity index (χ1v) is 12.2. The van der Waals surface area contributed by atoms with Gasteiger partial charge in [-0.2, -0.15) is 0 Å². The van der Waals surface area contributed by atoms with Gasteiger partial charge in [-0.15, -0.1) is 0 Å². The normalized spacial score (nSPS) is 13.6. The molecule has 1 unspecified atom stereocenters. The molecule has 0 saturated heterocycles. The number of carbonyl (C=O) groups is 2. The first kappa shape index (κ1) is 24.2. The number of ether oxygens (including phenoxy) is 2. The smallest absolute Gasteiger partial charge is 0.262 e. The monoisotopic (exact) mass is 497 g/mol. The summed E-state index contributed by atoms with van der Waals surface area (Å²) in [6.07, 6.45) is 0.915. The molecule has 2 heterocycles. The molecule has 1 aliphatic heterocycles. The van der Waals surface area contributed by atoms with E-state index in [2.05, 4.69) is 0 Å². The molecule has 1 aliphatic rings. The summed E-state index contributed by atoms with van der Waals surface area (Å²) in [5, 5.41) is 0.482. The number of amides is 2. The molecular weight excluding hydrogens is 470 g/mol. The lowest BCUT2D eigenvalue weighted by atomic mass is 10.1. The molecule has 0 fully saturated rings. The van der Waals surface area contributed by atoms with Crippen LogP contribution in [0, 0.1) is 0 Å². The number of aryl methyl sites for hydroxylation is 1. The van der Waals surface area contributed by atoms with Gasteiger partial charge in [-0.05, 0) is 54.8 Å². The maximum atomic E-state index is 13.7. The number of para-hydroxylation sites is 1. The van der Waals surface area contributed by atoms with Gasteiger partial charge in [0.15, 0.2) is 11.5 Å². The zero-order valence-electron chi connectivity index (χ0n) is 20.9. The fourth-order valence-electron chi connectivity index (χ4n) is 4.90. The van der Waals surface area contributed by atoms with E-state index < -0.39 is 6.04 Å². The van der Waals surface area contributed by atoms with Gasteiger partial charge in [-0.3, -0.25) is 23.9 Å². The molecule has 0 saturated carbocycles. The average Bonchev–Trinajstić information content (AvgIpc) is 3.18. The van der Waals surface area contributed by atoms with Crippen LogP contribution < -0.4 is 15.0 Å². The molecule has 3 aromatic carbocycles. The molecule has 8 heteroatoms. The van der Waals surface area contributed by atoms with Crippen LogP contribution in [0.2, 0.25) is 0 Å². The highest BCUT2D eigenvalue weighted by Crippen LogP contribution is 2.33. The predicted molar refractivity (Wildman–Crippen MR) is 139 cm³/mol. The third-order valence-electron chi connectivity index (χ3n) is 6.79. The van der Waals surface area contributed by atoms with Crippen molar-refractivity contribution in [1.82, 2.24) is 14.5 Å². The van der Waals surface area contributed by atoms with Crippen molar-refractivity contribution in [3.05, 3.63) is 99.6 Å². The Kier molecular flexibility index (Phi) is 6.48. The second kappa shape index (κ2) is 9.89. The number of hydrogen-bond acceptors (Lipinski definition) is 6. The van der Waals surface area contributed by atoms with Gasteiger partial charge in [0.1, 0.15) is 5.82 Å². The SMILES string of the molecule is CCC(c1nc2ccccc2c(=O)n1CCc1ccc(OC)c(OC)c1)N1C(=O)c2ccccc2C1=O. The van der Waals surface area contributed by atoms with Gasteiger partial charge in [-0.25, -0.2) is 4.98 Å². The molecule has 2 amide bonds. The molecular formula is C29H27N3O5. The molecule has 5 rings (SSSR count). The van der Waals surface area contributed by atoms with Crippen LogP contribution >= 0.6 is 0 Å². The lowest BCUT2D eigenvalue weighted by Gasteiger charge is -2.27. The molecule has 1 aromatic heterocycles. The summed E-state index contributed by atoms with van der Waals surface area (Å²) in [6.45, 7) is 2.19. The van der Waals surface area contributed by atoms with Gasteiger partial charge >= 0.3 is 0 Å². The highest BCUT2D eigenvalue weighted by Gasteiger charge is 2.41. The second-order valence-electron chi connectivity index (χ2n) is 8.83. The van der Waals surface area contributed by atoms with Gasteiger partial charge < -0.3 is 9.47 Å². The van der Waals surface area contributed by atoms with E-state index in [-0.39, 0.29) is 17.4 Å². The number of rotatable bonds is 8. The minimum Gasteiger partial charge on any atom is -0.493 e. The molecule has 0 aliphatic carbocycles. The van der Waals surface area contributed by atoms with Crippen LogP contribution in [0.25, 0.3) is 10.9 Å². The minimum absolute atomic E-state index is 0.212. The summed E-state index contributed by atoms with van der Waals surface area (Å²) in [7, 11) is 3.15. The molecule has 0 spiro atoms. The van der Waals surface area contributed by atoms with E-state index >= 15 is 0 Å². The van der Waals surface area contributed by atoms with Crippen molar-refractivity contribution in [2.24, 2.45) is 0 Å².